The van der Waals surface area contributed by atoms with E-state index in [0.717, 1.165) is 24.5 Å². The molecule has 5 nitrogen and oxygen atoms in total. The van der Waals surface area contributed by atoms with E-state index in [0.29, 0.717) is 13.0 Å². The van der Waals surface area contributed by atoms with Gasteiger partial charge in [0, 0.05) is 31.0 Å². The standard InChI is InChI=1S/C19H22N4OS/c24-19(9-4-11-23-15-20-14-22-23)21-10-12-25-13-17-7-3-6-16-5-1-2-8-18(16)17/h1-3,5-8,14-15H,4,9-13H2,(H,21,24). The Kier molecular flexibility index (Phi) is 6.45. The number of aromatic nitrogens is 3. The molecule has 25 heavy (non-hydrogen) atoms. The zero-order valence-corrected chi connectivity index (χ0v) is 14.9. The molecule has 0 spiro atoms. The number of aryl methyl sites for hydroxylation is 1. The molecule has 1 amide bonds. The van der Waals surface area contributed by atoms with Crippen LogP contribution in [-0.2, 0) is 17.1 Å². The zero-order chi connectivity index (χ0) is 17.3. The lowest BCUT2D eigenvalue weighted by molar-refractivity contribution is -0.121. The van der Waals surface area contributed by atoms with Gasteiger partial charge in [-0.15, -0.1) is 0 Å². The lowest BCUT2D eigenvalue weighted by Gasteiger charge is -2.07. The molecule has 130 valence electrons. The molecule has 6 heteroatoms. The van der Waals surface area contributed by atoms with Gasteiger partial charge in [-0.25, -0.2) is 4.98 Å². The predicted octanol–water partition coefficient (Wildman–Crippen LogP) is 3.26. The van der Waals surface area contributed by atoms with Crippen molar-refractivity contribution in [1.29, 1.82) is 0 Å². The third kappa shape index (κ3) is 5.32. The maximum absolute atomic E-state index is 11.8. The van der Waals surface area contributed by atoms with Crippen LogP contribution < -0.4 is 5.32 Å². The molecule has 0 atom stereocenters. The second-order valence-electron chi connectivity index (χ2n) is 5.80. The molecule has 3 aromatic rings. The molecule has 0 saturated heterocycles. The van der Waals surface area contributed by atoms with Crippen LogP contribution >= 0.6 is 11.8 Å². The van der Waals surface area contributed by atoms with Crippen molar-refractivity contribution in [2.24, 2.45) is 0 Å². The molecular weight excluding hydrogens is 332 g/mol. The van der Waals surface area contributed by atoms with Gasteiger partial charge in [0.25, 0.3) is 0 Å². The third-order valence-electron chi connectivity index (χ3n) is 3.96. The Balaban J connectivity index is 1.32. The number of fused-ring (bicyclic) bond motifs is 1. The number of benzene rings is 2. The smallest absolute Gasteiger partial charge is 0.220 e. The highest BCUT2D eigenvalue weighted by atomic mass is 32.2. The lowest BCUT2D eigenvalue weighted by Crippen LogP contribution is -2.25. The molecule has 1 heterocycles. The maximum Gasteiger partial charge on any atom is 0.220 e. The highest BCUT2D eigenvalue weighted by molar-refractivity contribution is 7.98. The molecule has 0 aliphatic heterocycles. The van der Waals surface area contributed by atoms with E-state index in [1.807, 2.05) is 11.8 Å². The van der Waals surface area contributed by atoms with Crippen molar-refractivity contribution in [3.05, 3.63) is 60.7 Å². The summed E-state index contributed by atoms with van der Waals surface area (Å²) in [5.41, 5.74) is 1.35. The van der Waals surface area contributed by atoms with Crippen LogP contribution in [0.1, 0.15) is 18.4 Å². The number of carbonyl (C=O) groups is 1. The molecular formula is C19H22N4OS. The van der Waals surface area contributed by atoms with Gasteiger partial charge in [0.1, 0.15) is 12.7 Å². The van der Waals surface area contributed by atoms with Gasteiger partial charge in [-0.1, -0.05) is 42.5 Å². The van der Waals surface area contributed by atoms with E-state index in [1.54, 1.807) is 11.0 Å². The summed E-state index contributed by atoms with van der Waals surface area (Å²) in [6, 6.07) is 14.9. The fourth-order valence-corrected chi connectivity index (χ4v) is 3.56. The normalized spacial score (nSPS) is 10.9. The number of nitrogens with one attached hydrogen (secondary N) is 1. The van der Waals surface area contributed by atoms with Crippen LogP contribution in [0.15, 0.2) is 55.1 Å². The van der Waals surface area contributed by atoms with Crippen LogP contribution in [0.3, 0.4) is 0 Å². The number of rotatable bonds is 9. The van der Waals surface area contributed by atoms with Crippen molar-refractivity contribution < 1.29 is 4.79 Å². The van der Waals surface area contributed by atoms with Gasteiger partial charge in [0.15, 0.2) is 0 Å². The van der Waals surface area contributed by atoms with E-state index >= 15 is 0 Å². The van der Waals surface area contributed by atoms with Crippen LogP contribution in [-0.4, -0.2) is 33.0 Å². The lowest BCUT2D eigenvalue weighted by atomic mass is 10.1. The van der Waals surface area contributed by atoms with Crippen LogP contribution in [0.2, 0.25) is 0 Å². The summed E-state index contributed by atoms with van der Waals surface area (Å²) >= 11 is 1.85. The summed E-state index contributed by atoms with van der Waals surface area (Å²) in [5.74, 6) is 1.98. The maximum atomic E-state index is 11.8. The molecule has 0 aliphatic carbocycles. The second kappa shape index (κ2) is 9.22. The van der Waals surface area contributed by atoms with Crippen LogP contribution in [0.4, 0.5) is 0 Å². The minimum absolute atomic E-state index is 0.103. The Hall–Kier alpha value is -2.34. The number of hydrogen-bond acceptors (Lipinski definition) is 4. The average Bonchev–Trinajstić information content (AvgIpc) is 3.15. The minimum atomic E-state index is 0.103. The summed E-state index contributed by atoms with van der Waals surface area (Å²) in [6.45, 7) is 1.43. The first-order chi connectivity index (χ1) is 12.3. The fraction of sp³-hybridized carbons (Fsp3) is 0.316. The van der Waals surface area contributed by atoms with E-state index in [2.05, 4.69) is 57.9 Å². The molecule has 0 bridgehead atoms. The first-order valence-corrected chi connectivity index (χ1v) is 9.62. The highest BCUT2D eigenvalue weighted by Crippen LogP contribution is 2.22. The first-order valence-electron chi connectivity index (χ1n) is 8.46. The molecule has 0 radical (unpaired) electrons. The number of amides is 1. The monoisotopic (exact) mass is 354 g/mol. The Morgan fingerprint density at radius 1 is 1.16 bits per heavy atom. The summed E-state index contributed by atoms with van der Waals surface area (Å²) in [5, 5.41) is 9.60. The van der Waals surface area contributed by atoms with Crippen molar-refractivity contribution in [3.8, 4) is 0 Å². The second-order valence-corrected chi connectivity index (χ2v) is 6.91. The number of thioether (sulfide) groups is 1. The van der Waals surface area contributed by atoms with Crippen molar-refractivity contribution >= 4 is 28.4 Å². The Morgan fingerprint density at radius 3 is 2.92 bits per heavy atom. The van der Waals surface area contributed by atoms with Gasteiger partial charge in [0.05, 0.1) is 0 Å². The molecule has 0 aliphatic rings. The van der Waals surface area contributed by atoms with Gasteiger partial charge >= 0.3 is 0 Å². The van der Waals surface area contributed by atoms with E-state index in [4.69, 9.17) is 0 Å². The minimum Gasteiger partial charge on any atom is -0.355 e. The Labute approximate surface area is 151 Å². The molecule has 0 saturated carbocycles. The van der Waals surface area contributed by atoms with Crippen molar-refractivity contribution in [1.82, 2.24) is 20.1 Å². The summed E-state index contributed by atoms with van der Waals surface area (Å²) in [7, 11) is 0. The topological polar surface area (TPSA) is 59.8 Å². The van der Waals surface area contributed by atoms with Crippen molar-refractivity contribution in [2.45, 2.75) is 25.1 Å². The van der Waals surface area contributed by atoms with Gasteiger partial charge in [-0.2, -0.15) is 16.9 Å². The highest BCUT2D eigenvalue weighted by Gasteiger charge is 2.03. The summed E-state index contributed by atoms with van der Waals surface area (Å²) in [6.07, 6.45) is 4.47. The SMILES string of the molecule is O=C(CCCn1cncn1)NCCSCc1cccc2ccccc12. The van der Waals surface area contributed by atoms with Crippen molar-refractivity contribution in [2.75, 3.05) is 12.3 Å². The van der Waals surface area contributed by atoms with Crippen LogP contribution in [0.5, 0.6) is 0 Å². The van der Waals surface area contributed by atoms with Crippen LogP contribution in [0.25, 0.3) is 10.8 Å². The van der Waals surface area contributed by atoms with E-state index in [-0.39, 0.29) is 5.91 Å². The predicted molar refractivity (Wildman–Crippen MR) is 102 cm³/mol. The quantitative estimate of drug-likeness (QED) is 0.599. The number of nitrogens with zero attached hydrogens (tertiary/aromatic N) is 3. The van der Waals surface area contributed by atoms with Gasteiger partial charge in [-0.3, -0.25) is 9.48 Å². The summed E-state index contributed by atoms with van der Waals surface area (Å²) in [4.78, 5) is 15.7. The molecule has 3 rings (SSSR count). The van der Waals surface area contributed by atoms with E-state index in [1.165, 1.54) is 22.7 Å². The average molecular weight is 354 g/mol. The summed E-state index contributed by atoms with van der Waals surface area (Å²) < 4.78 is 1.74. The number of carbonyl (C=O) groups excluding carboxylic acids is 1. The molecule has 1 aromatic heterocycles. The zero-order valence-electron chi connectivity index (χ0n) is 14.1. The van der Waals surface area contributed by atoms with Gasteiger partial charge in [-0.05, 0) is 22.8 Å². The number of hydrogen-bond donors (Lipinski definition) is 1. The Bertz CT molecular complexity index is 799. The molecule has 2 aromatic carbocycles. The first kappa shape index (κ1) is 17.5. The fourth-order valence-electron chi connectivity index (χ4n) is 2.70. The van der Waals surface area contributed by atoms with E-state index < -0.39 is 0 Å². The van der Waals surface area contributed by atoms with Gasteiger partial charge in [0.2, 0.25) is 5.91 Å². The van der Waals surface area contributed by atoms with Crippen molar-refractivity contribution in [3.63, 3.8) is 0 Å². The Morgan fingerprint density at radius 2 is 2.04 bits per heavy atom. The third-order valence-corrected chi connectivity index (χ3v) is 4.97. The largest absolute Gasteiger partial charge is 0.355 e. The van der Waals surface area contributed by atoms with Gasteiger partial charge < -0.3 is 5.32 Å². The molecule has 0 unspecified atom stereocenters. The molecule has 0 fully saturated rings. The molecule has 1 N–H and O–H groups in total. The van der Waals surface area contributed by atoms with Crippen LogP contribution in [0, 0.1) is 0 Å². The van der Waals surface area contributed by atoms with E-state index in [9.17, 15) is 4.79 Å².